The molecule has 3 heterocycles. The predicted octanol–water partition coefficient (Wildman–Crippen LogP) is 1.44. The molecule has 29 heavy (non-hydrogen) atoms. The topological polar surface area (TPSA) is 117 Å². The number of aromatic hydroxyl groups is 1. The van der Waals surface area contributed by atoms with Crippen molar-refractivity contribution in [1.29, 1.82) is 0 Å². The summed E-state index contributed by atoms with van der Waals surface area (Å²) in [4.78, 5) is 16.3. The van der Waals surface area contributed by atoms with Crippen LogP contribution in [0, 0.1) is 0 Å². The number of piperazine rings is 1. The van der Waals surface area contributed by atoms with Crippen LogP contribution >= 0.6 is 0 Å². The number of para-hydroxylation sites is 1. The van der Waals surface area contributed by atoms with Gasteiger partial charge in [0.15, 0.2) is 5.82 Å². The second-order valence-electron chi connectivity index (χ2n) is 7.32. The molecule has 0 radical (unpaired) electrons. The molecule has 0 spiro atoms. The summed E-state index contributed by atoms with van der Waals surface area (Å²) in [6.07, 6.45) is 1.48. The van der Waals surface area contributed by atoms with Gasteiger partial charge in [0.1, 0.15) is 11.9 Å². The van der Waals surface area contributed by atoms with Crippen molar-refractivity contribution in [3.63, 3.8) is 0 Å². The first-order valence-corrected chi connectivity index (χ1v) is 9.94. The van der Waals surface area contributed by atoms with Gasteiger partial charge in [-0.05, 0) is 44.1 Å². The van der Waals surface area contributed by atoms with Gasteiger partial charge in [-0.3, -0.25) is 0 Å². The minimum absolute atomic E-state index is 0.00271. The number of nitrogens with two attached hydrogens (primary N) is 1. The van der Waals surface area contributed by atoms with Crippen molar-refractivity contribution in [1.82, 2.24) is 20.4 Å². The van der Waals surface area contributed by atoms with E-state index in [2.05, 4.69) is 20.4 Å². The molecule has 9 heteroatoms. The smallest absolute Gasteiger partial charge is 0.410 e. The number of aromatic nitrogens is 2. The lowest BCUT2D eigenvalue weighted by molar-refractivity contribution is 0.0478. The Morgan fingerprint density at radius 1 is 1.14 bits per heavy atom. The highest BCUT2D eigenvalue weighted by Crippen LogP contribution is 2.31. The number of nitrogens with one attached hydrogen (secondary N) is 1. The number of phenols is 1. The number of benzene rings is 1. The van der Waals surface area contributed by atoms with Crippen LogP contribution in [-0.2, 0) is 4.74 Å². The van der Waals surface area contributed by atoms with Gasteiger partial charge in [-0.15, -0.1) is 10.2 Å². The molecule has 0 saturated carbocycles. The van der Waals surface area contributed by atoms with Crippen molar-refractivity contribution < 1.29 is 14.6 Å². The molecule has 2 saturated heterocycles. The van der Waals surface area contributed by atoms with Crippen molar-refractivity contribution in [2.24, 2.45) is 0 Å². The average molecular weight is 398 g/mol. The Hall–Kier alpha value is -3.07. The molecule has 1 aromatic heterocycles. The second kappa shape index (κ2) is 8.52. The summed E-state index contributed by atoms with van der Waals surface area (Å²) in [7, 11) is 0. The standard InChI is InChI=1S/C20H26N6O3/c21-19-17(13-16(23-24-19)15-3-1-2-4-18(15)27)25-9-11-26(12-10-25)20(28)29-14-5-7-22-8-6-14/h1-4,13-14,22,27H,5-12H2,(H2,21,24). The van der Waals surface area contributed by atoms with Crippen LogP contribution in [0.4, 0.5) is 16.3 Å². The van der Waals surface area contributed by atoms with E-state index in [4.69, 9.17) is 10.5 Å². The van der Waals surface area contributed by atoms with Crippen LogP contribution in [0.25, 0.3) is 11.3 Å². The third-order valence-electron chi connectivity index (χ3n) is 5.41. The number of hydrogen-bond donors (Lipinski definition) is 3. The van der Waals surface area contributed by atoms with E-state index < -0.39 is 0 Å². The Bertz CT molecular complexity index is 863. The molecule has 2 aliphatic rings. The molecule has 154 valence electrons. The van der Waals surface area contributed by atoms with Gasteiger partial charge in [0.05, 0.1) is 11.4 Å². The Morgan fingerprint density at radius 2 is 1.86 bits per heavy atom. The lowest BCUT2D eigenvalue weighted by Gasteiger charge is -2.36. The average Bonchev–Trinajstić information content (AvgIpc) is 2.75. The maximum absolute atomic E-state index is 12.4. The van der Waals surface area contributed by atoms with E-state index >= 15 is 0 Å². The number of nitrogen functional groups attached to an aromatic ring is 1. The molecule has 4 rings (SSSR count). The number of ether oxygens (including phenoxy) is 1. The van der Waals surface area contributed by atoms with Gasteiger partial charge in [0.2, 0.25) is 0 Å². The van der Waals surface area contributed by atoms with E-state index in [1.807, 2.05) is 12.1 Å². The maximum atomic E-state index is 12.4. The number of nitrogens with zero attached hydrogens (tertiary/aromatic N) is 4. The fourth-order valence-electron chi connectivity index (χ4n) is 3.73. The van der Waals surface area contributed by atoms with Crippen molar-refractivity contribution in [2.75, 3.05) is 49.9 Å². The van der Waals surface area contributed by atoms with E-state index in [0.29, 0.717) is 43.3 Å². The number of anilines is 2. The van der Waals surface area contributed by atoms with E-state index in [-0.39, 0.29) is 17.9 Å². The van der Waals surface area contributed by atoms with Gasteiger partial charge in [-0.2, -0.15) is 0 Å². The summed E-state index contributed by atoms with van der Waals surface area (Å²) < 4.78 is 5.64. The minimum atomic E-state index is -0.243. The highest BCUT2D eigenvalue weighted by atomic mass is 16.6. The molecule has 0 atom stereocenters. The van der Waals surface area contributed by atoms with Gasteiger partial charge < -0.3 is 30.7 Å². The highest BCUT2D eigenvalue weighted by molar-refractivity contribution is 5.74. The van der Waals surface area contributed by atoms with Crippen molar-refractivity contribution in [3.05, 3.63) is 30.3 Å². The maximum Gasteiger partial charge on any atom is 0.410 e. The Kier molecular flexibility index (Phi) is 5.66. The normalized spacial score (nSPS) is 17.9. The number of carbonyl (C=O) groups excluding carboxylic acids is 1. The summed E-state index contributed by atoms with van der Waals surface area (Å²) in [6, 6.07) is 8.82. The third-order valence-corrected chi connectivity index (χ3v) is 5.41. The van der Waals surface area contributed by atoms with Gasteiger partial charge in [0, 0.05) is 31.7 Å². The number of piperidine rings is 1. The molecular weight excluding hydrogens is 372 g/mol. The third kappa shape index (κ3) is 4.34. The molecule has 9 nitrogen and oxygen atoms in total. The summed E-state index contributed by atoms with van der Waals surface area (Å²) in [5.41, 5.74) is 7.98. The van der Waals surface area contributed by atoms with Crippen LogP contribution in [0.1, 0.15) is 12.8 Å². The number of rotatable bonds is 3. The van der Waals surface area contributed by atoms with Crippen LogP contribution in [0.3, 0.4) is 0 Å². The van der Waals surface area contributed by atoms with E-state index in [9.17, 15) is 9.90 Å². The molecular formula is C20H26N6O3. The summed E-state index contributed by atoms with van der Waals surface area (Å²) in [6.45, 7) is 4.13. The van der Waals surface area contributed by atoms with Gasteiger partial charge in [0.25, 0.3) is 0 Å². The molecule has 2 aromatic rings. The van der Waals surface area contributed by atoms with Crippen molar-refractivity contribution >= 4 is 17.6 Å². The SMILES string of the molecule is Nc1nnc(-c2ccccc2O)cc1N1CCN(C(=O)OC2CCNCC2)CC1. The Labute approximate surface area is 169 Å². The lowest BCUT2D eigenvalue weighted by atomic mass is 10.1. The number of carbonyl (C=O) groups is 1. The van der Waals surface area contributed by atoms with E-state index in [1.54, 1.807) is 23.1 Å². The lowest BCUT2D eigenvalue weighted by Crippen LogP contribution is -2.50. The van der Waals surface area contributed by atoms with Gasteiger partial charge in [-0.1, -0.05) is 12.1 Å². The zero-order valence-electron chi connectivity index (χ0n) is 16.3. The fraction of sp³-hybridized carbons (Fsp3) is 0.450. The quantitative estimate of drug-likeness (QED) is 0.711. The molecule has 1 aromatic carbocycles. The molecule has 0 bridgehead atoms. The summed E-state index contributed by atoms with van der Waals surface area (Å²) in [5, 5.41) is 21.5. The van der Waals surface area contributed by atoms with Crippen molar-refractivity contribution in [2.45, 2.75) is 18.9 Å². The zero-order valence-corrected chi connectivity index (χ0v) is 16.3. The molecule has 2 fully saturated rings. The predicted molar refractivity (Wildman–Crippen MR) is 110 cm³/mol. The number of phenolic OH excluding ortho intramolecular Hbond substituents is 1. The molecule has 2 aliphatic heterocycles. The minimum Gasteiger partial charge on any atom is -0.507 e. The molecule has 0 unspecified atom stereocenters. The van der Waals surface area contributed by atoms with Crippen molar-refractivity contribution in [3.8, 4) is 17.0 Å². The summed E-state index contributed by atoms with van der Waals surface area (Å²) >= 11 is 0. The summed E-state index contributed by atoms with van der Waals surface area (Å²) in [5.74, 6) is 0.470. The molecule has 4 N–H and O–H groups in total. The Morgan fingerprint density at radius 3 is 2.59 bits per heavy atom. The number of amides is 1. The van der Waals surface area contributed by atoms with Crippen LogP contribution in [0.2, 0.25) is 0 Å². The highest BCUT2D eigenvalue weighted by Gasteiger charge is 2.26. The first kappa shape index (κ1) is 19.3. The monoisotopic (exact) mass is 398 g/mol. The van der Waals surface area contributed by atoms with E-state index in [0.717, 1.165) is 31.6 Å². The Balaban J connectivity index is 1.41. The van der Waals surface area contributed by atoms with Crippen LogP contribution in [0.15, 0.2) is 30.3 Å². The molecule has 0 aliphatic carbocycles. The first-order chi connectivity index (χ1) is 14.1. The van der Waals surface area contributed by atoms with Gasteiger partial charge in [-0.25, -0.2) is 4.79 Å². The zero-order chi connectivity index (χ0) is 20.2. The van der Waals surface area contributed by atoms with Crippen LogP contribution in [-0.4, -0.2) is 71.7 Å². The second-order valence-corrected chi connectivity index (χ2v) is 7.32. The first-order valence-electron chi connectivity index (χ1n) is 9.94. The largest absolute Gasteiger partial charge is 0.507 e. The van der Waals surface area contributed by atoms with E-state index in [1.165, 1.54) is 0 Å². The van der Waals surface area contributed by atoms with Crippen LogP contribution < -0.4 is 16.0 Å². The number of hydrogen-bond acceptors (Lipinski definition) is 8. The van der Waals surface area contributed by atoms with Gasteiger partial charge >= 0.3 is 6.09 Å². The van der Waals surface area contributed by atoms with Crippen LogP contribution in [0.5, 0.6) is 5.75 Å². The fourth-order valence-corrected chi connectivity index (χ4v) is 3.73. The molecule has 1 amide bonds.